The van der Waals surface area contributed by atoms with E-state index in [1.54, 1.807) is 0 Å². The zero-order chi connectivity index (χ0) is 119. The summed E-state index contributed by atoms with van der Waals surface area (Å²) in [5.41, 5.74) is -11.8. The van der Waals surface area contributed by atoms with Crippen LogP contribution in [0, 0.1) is 0 Å². The van der Waals surface area contributed by atoms with E-state index in [4.69, 9.17) is 58.2 Å². The Balaban J connectivity index is 0.000000186. The molecule has 0 bridgehead atoms. The molecule has 0 aliphatic heterocycles. The highest BCUT2D eigenvalue weighted by Gasteiger charge is 2.23. The van der Waals surface area contributed by atoms with Crippen molar-refractivity contribution in [3.05, 3.63) is 363 Å². The van der Waals surface area contributed by atoms with Crippen LogP contribution < -0.4 is 0 Å². The molecule has 0 unspecified atom stereocenters. The van der Waals surface area contributed by atoms with Gasteiger partial charge in [-0.3, -0.25) is 0 Å². The van der Waals surface area contributed by atoms with Crippen LogP contribution in [0.25, 0.3) is 218 Å². The molecule has 20 aromatic carbocycles. The van der Waals surface area contributed by atoms with Crippen molar-refractivity contribution in [2.45, 2.75) is 0 Å². The van der Waals surface area contributed by atoms with Gasteiger partial charge in [0.25, 0.3) is 0 Å². The van der Waals surface area contributed by atoms with E-state index >= 15 is 0 Å². The first-order chi connectivity index (χ1) is 75.6. The first-order valence-electron chi connectivity index (χ1n) is 60.3. The third kappa shape index (κ3) is 9.00. The van der Waals surface area contributed by atoms with Crippen LogP contribution in [0.5, 0.6) is 0 Å². The highest BCUT2D eigenvalue weighted by molar-refractivity contribution is 6.27. The van der Waals surface area contributed by atoms with Crippen LogP contribution in [0.3, 0.4) is 0 Å². The van der Waals surface area contributed by atoms with E-state index in [0.717, 1.165) is 0 Å². The first-order valence-corrected chi connectivity index (χ1v) is 30.3. The summed E-state index contributed by atoms with van der Waals surface area (Å²) in [6.07, 6.45) is 0. The molecule has 0 radical (unpaired) electrons. The Morgan fingerprint density at radius 3 is 0.882 bits per heavy atom. The Morgan fingerprint density at radius 1 is 0.167 bits per heavy atom. The van der Waals surface area contributed by atoms with E-state index in [-0.39, 0.29) is 10.8 Å². The summed E-state index contributed by atoms with van der Waals surface area (Å²) in [6, 6.07) is -56.3. The second kappa shape index (κ2) is 23.1. The summed E-state index contributed by atoms with van der Waals surface area (Å²) in [7, 11) is 0. The van der Waals surface area contributed by atoms with Crippen molar-refractivity contribution in [1.82, 2.24) is 0 Å². The zero-order valence-corrected chi connectivity index (χ0v) is 50.8. The van der Waals surface area contributed by atoms with Gasteiger partial charge in [0.05, 0.1) is 82.2 Å². The van der Waals surface area contributed by atoms with Gasteiger partial charge < -0.3 is 8.83 Å². The van der Waals surface area contributed by atoms with E-state index in [2.05, 4.69) is 0 Å². The molecule has 0 N–H and O–H groups in total. The van der Waals surface area contributed by atoms with Gasteiger partial charge in [-0.15, -0.1) is 0 Å². The molecule has 102 heavy (non-hydrogen) atoms. The summed E-state index contributed by atoms with van der Waals surface area (Å²) in [5.74, 6) is 0. The monoisotopic (exact) mass is 1350 g/mol. The number of hydrogen-bond acceptors (Lipinski definition) is 2. The van der Waals surface area contributed by atoms with E-state index in [1.165, 1.54) is 0 Å². The predicted octanol–water partition coefficient (Wildman–Crippen LogP) is 28.7. The third-order valence-electron chi connectivity index (χ3n) is 17.2. The molecule has 2 heterocycles. The van der Waals surface area contributed by atoms with Crippen LogP contribution in [0.2, 0.25) is 0 Å². The van der Waals surface area contributed by atoms with Gasteiger partial charge in [-0.2, -0.15) is 0 Å². The van der Waals surface area contributed by atoms with Gasteiger partial charge in [0.2, 0.25) is 0 Å². The molecule has 472 valence electrons. The Kier molecular flexibility index (Phi) is 5.42. The molecule has 22 rings (SSSR count). The molecule has 0 aliphatic carbocycles. The minimum absolute atomic E-state index is 0.388. The highest BCUT2D eigenvalue weighted by Crippen LogP contribution is 2.50. The largest absolute Gasteiger partial charge is 0.455 e. The van der Waals surface area contributed by atoms with Crippen molar-refractivity contribution in [2.24, 2.45) is 0 Å². The Hall–Kier alpha value is -13.4. The molecule has 22 aromatic rings. The van der Waals surface area contributed by atoms with Crippen LogP contribution in [0.1, 0.15) is 82.2 Å². The molecular formula is C100H60O2. The molecular weight excluding hydrogens is 1230 g/mol. The SMILES string of the molecule is [2H]c1c([2H])c([2H])c2c(oc3c([2H])c([2H])c4c([2H])c([2H])c([2H])c([2H])c4c32)c1-c1c([2H])c([2H])c([2H])c2c([2H])c(-c3c4c([2H])c([2H])c([2H])c([2H])c4c(-c4c([2H])c([2H])c([2H])c5c([2H])c([2H])c([2H])c([2H])c45)c4c([2H])c([2H])c([2H])c([2H])c34)c([2H])c([2H])c12.[2H]c1c([2H])c([2H])c2c(oc3c([2H])c([2H])c4c([2H])c([2H])c([2H])c([2H])c4c32)c1-c1c([2H])c([2H])c([2H])c2c([2H])c(-c3c4c([2H])c([2H])c([2H])c([2H])c4c(-c4c([2H])c([2H])c5c([2H])c([2H])c([2H])c([2H])c5c4[2H])c4c([2H])c([2H])c([2H])c([2H])c34)c([2H])c([2H])c12. The van der Waals surface area contributed by atoms with Crippen LogP contribution in [0.15, 0.2) is 371 Å². The fourth-order valence-electron chi connectivity index (χ4n) is 12.9. The smallest absolute Gasteiger partial charge is 0.143 e. The molecule has 0 spiro atoms. The number of para-hydroxylation sites is 2. The zero-order valence-electron chi connectivity index (χ0n) is 111. The number of fused-ring (bicyclic) bond motifs is 18. The predicted molar refractivity (Wildman–Crippen MR) is 435 cm³/mol. The summed E-state index contributed by atoms with van der Waals surface area (Å²) in [5, 5.41) is -15.4. The number of benzene rings is 20. The highest BCUT2D eigenvalue weighted by atomic mass is 16.3. The third-order valence-corrected chi connectivity index (χ3v) is 17.2. The van der Waals surface area contributed by atoms with Gasteiger partial charge >= 0.3 is 0 Å². The van der Waals surface area contributed by atoms with E-state index in [9.17, 15) is 32.9 Å². The van der Waals surface area contributed by atoms with Gasteiger partial charge in [0.15, 0.2) is 0 Å². The Bertz CT molecular complexity index is 10900. The van der Waals surface area contributed by atoms with Crippen molar-refractivity contribution >= 4 is 152 Å². The number of hydrogen-bond donors (Lipinski definition) is 0. The van der Waals surface area contributed by atoms with Crippen molar-refractivity contribution in [3.63, 3.8) is 0 Å². The lowest BCUT2D eigenvalue weighted by Gasteiger charge is -2.19. The van der Waals surface area contributed by atoms with Gasteiger partial charge in [0, 0.05) is 32.7 Å². The van der Waals surface area contributed by atoms with Crippen molar-refractivity contribution in [2.75, 3.05) is 0 Å². The Labute approximate surface area is 671 Å². The topological polar surface area (TPSA) is 26.3 Å². The van der Waals surface area contributed by atoms with Crippen LogP contribution >= 0.6 is 0 Å². The summed E-state index contributed by atoms with van der Waals surface area (Å²) in [6.45, 7) is 0. The molecule has 0 atom stereocenters. The average Bonchev–Trinajstić information content (AvgIpc) is 1.37. The van der Waals surface area contributed by atoms with E-state index in [0.29, 0.717) is 0 Å². The van der Waals surface area contributed by atoms with Crippen molar-refractivity contribution in [1.29, 1.82) is 0 Å². The van der Waals surface area contributed by atoms with Gasteiger partial charge in [-0.25, -0.2) is 0 Å². The lowest BCUT2D eigenvalue weighted by atomic mass is 9.84. The van der Waals surface area contributed by atoms with E-state index in [1.807, 2.05) is 0 Å². The van der Waals surface area contributed by atoms with Crippen molar-refractivity contribution < 1.29 is 91.1 Å². The molecule has 2 aromatic heterocycles. The molecule has 0 saturated heterocycles. The number of furan rings is 2. The normalized spacial score (nSPS) is 20.2. The van der Waals surface area contributed by atoms with Crippen LogP contribution in [-0.4, -0.2) is 0 Å². The maximum absolute atomic E-state index is 10.0. The molecule has 2 nitrogen and oxygen atoms in total. The average molecular weight is 1350 g/mol. The maximum atomic E-state index is 10.0. The molecule has 2 heteroatoms. The van der Waals surface area contributed by atoms with Crippen LogP contribution in [0.4, 0.5) is 0 Å². The molecule has 0 fully saturated rings. The number of rotatable bonds is 6. The summed E-state index contributed by atoms with van der Waals surface area (Å²) in [4.78, 5) is 0. The molecule has 0 saturated carbocycles. The quantitative estimate of drug-likeness (QED) is 0.155. The molecule has 0 aliphatic rings. The van der Waals surface area contributed by atoms with Crippen molar-refractivity contribution in [3.8, 4) is 66.8 Å². The van der Waals surface area contributed by atoms with E-state index < -0.39 is 570 Å². The van der Waals surface area contributed by atoms with Gasteiger partial charge in [0.1, 0.15) is 22.3 Å². The maximum Gasteiger partial charge on any atom is 0.143 e. The van der Waals surface area contributed by atoms with Gasteiger partial charge in [-0.1, -0.05) is 332 Å². The minimum atomic E-state index is -1.13. The summed E-state index contributed by atoms with van der Waals surface area (Å²) < 4.78 is 557. The minimum Gasteiger partial charge on any atom is -0.455 e. The fraction of sp³-hybridized carbons (Fsp3) is 0. The first kappa shape index (κ1) is 23.9. The summed E-state index contributed by atoms with van der Waals surface area (Å²) >= 11 is 0. The lowest BCUT2D eigenvalue weighted by Crippen LogP contribution is -1.92. The lowest BCUT2D eigenvalue weighted by molar-refractivity contribution is 0.670. The second-order valence-corrected chi connectivity index (χ2v) is 22.5. The molecule has 0 amide bonds. The van der Waals surface area contributed by atoms with Crippen LogP contribution in [-0.2, 0) is 0 Å². The Morgan fingerprint density at radius 2 is 0.441 bits per heavy atom. The fourth-order valence-corrected chi connectivity index (χ4v) is 12.9. The standard InChI is InChI=1S/2C50H30O/c1-3-16-35-31(12-1)14-9-23-39(35)48-42-20-7-5-18-40(42)47(41-19-6-8-21-43(41)48)34-26-28-36-33(30-34)15-10-22-38(36)44-24-11-25-45-49-37-17-4-2-13-32(37)27-29-46(49)51-50(44)45;1-2-13-33-29-35(24-23-31(33)11-1)47-40-16-5-7-18-42(40)48(43-19-8-6-17-41(43)47)36-25-27-37-34(30-36)14-9-20-39(37)44-21-10-22-45-49-38-15-4-3-12-32(38)26-28-46(49)51-50(44)45/h2*1-30H/i2*1D,2D,3D,4D,5D,6D,7D,8D,9D,10D,11D,12D,13D,14D,15D,16D,17D,18D,19D,20D,21D,22D,23D,24D,25D,26D,27D,28D,29D,30D. The second-order valence-electron chi connectivity index (χ2n) is 22.5. The van der Waals surface area contributed by atoms with Gasteiger partial charge in [-0.05, 0) is 194 Å².